The zero-order valence-electron chi connectivity index (χ0n) is 8.92. The Kier molecular flexibility index (Phi) is 4.30. The Morgan fingerprint density at radius 1 is 1.29 bits per heavy atom. The average molecular weight is 259 g/mol. The van der Waals surface area contributed by atoms with Gasteiger partial charge in [0.05, 0.1) is 13.0 Å². The van der Waals surface area contributed by atoms with E-state index in [9.17, 15) is 13.2 Å². The van der Waals surface area contributed by atoms with Crippen LogP contribution in [0.25, 0.3) is 0 Å². The first kappa shape index (κ1) is 13.3. The van der Waals surface area contributed by atoms with Crippen molar-refractivity contribution in [3.8, 4) is 5.75 Å². The number of benzene rings is 1. The summed E-state index contributed by atoms with van der Waals surface area (Å²) in [5.74, 6) is 0.0590. The Labute approximate surface area is 98.9 Å². The number of amides is 1. The van der Waals surface area contributed by atoms with Crippen LogP contribution in [0.15, 0.2) is 24.3 Å². The second-order valence-corrected chi connectivity index (χ2v) is 4.53. The Balaban J connectivity index is 2.53. The summed E-state index contributed by atoms with van der Waals surface area (Å²) < 4.78 is 28.7. The molecule has 0 aromatic heterocycles. The Hall–Kier alpha value is -1.80. The van der Waals surface area contributed by atoms with Gasteiger partial charge in [-0.3, -0.25) is 9.52 Å². The number of ether oxygens (including phenoxy) is 1. The van der Waals surface area contributed by atoms with Gasteiger partial charge in [0.1, 0.15) is 5.75 Å². The third-order valence-corrected chi connectivity index (χ3v) is 2.25. The summed E-state index contributed by atoms with van der Waals surface area (Å²) >= 11 is 0. The van der Waals surface area contributed by atoms with Gasteiger partial charge in [-0.15, -0.1) is 0 Å². The van der Waals surface area contributed by atoms with Crippen molar-refractivity contribution < 1.29 is 17.9 Å². The lowest BCUT2D eigenvalue weighted by Crippen LogP contribution is -2.21. The Bertz CT molecular complexity index is 483. The molecule has 0 atom stereocenters. The van der Waals surface area contributed by atoms with Gasteiger partial charge in [0.25, 0.3) is 10.2 Å². The van der Waals surface area contributed by atoms with Crippen LogP contribution in [0, 0.1) is 0 Å². The molecule has 0 aliphatic rings. The number of primary amides is 1. The topological polar surface area (TPSA) is 125 Å². The molecule has 94 valence electrons. The van der Waals surface area contributed by atoms with E-state index < -0.39 is 16.1 Å². The van der Waals surface area contributed by atoms with Gasteiger partial charge in [-0.1, -0.05) is 0 Å². The first-order chi connectivity index (χ1) is 7.87. The second kappa shape index (κ2) is 5.51. The highest BCUT2D eigenvalue weighted by Gasteiger charge is 2.02. The van der Waals surface area contributed by atoms with Crippen LogP contribution < -0.4 is 20.3 Å². The number of carbonyl (C=O) groups is 1. The number of nitrogens with two attached hydrogens (primary N) is 2. The van der Waals surface area contributed by atoms with Crippen LogP contribution >= 0.6 is 0 Å². The molecule has 0 fully saturated rings. The number of carbonyl (C=O) groups excluding carboxylic acids is 1. The Morgan fingerprint density at radius 3 is 2.35 bits per heavy atom. The van der Waals surface area contributed by atoms with Crippen LogP contribution in [0.2, 0.25) is 0 Å². The van der Waals surface area contributed by atoms with Crippen LogP contribution in [0.3, 0.4) is 0 Å². The minimum atomic E-state index is -3.77. The predicted molar refractivity (Wildman–Crippen MR) is 62.5 cm³/mol. The number of rotatable bonds is 6. The maximum Gasteiger partial charge on any atom is 0.296 e. The minimum Gasteiger partial charge on any atom is -0.493 e. The quantitative estimate of drug-likeness (QED) is 0.640. The molecule has 17 heavy (non-hydrogen) atoms. The van der Waals surface area contributed by atoms with Gasteiger partial charge in [-0.25, -0.2) is 5.14 Å². The van der Waals surface area contributed by atoms with Crippen molar-refractivity contribution in [2.45, 2.75) is 6.42 Å². The fraction of sp³-hybridized carbons (Fsp3) is 0.222. The summed E-state index contributed by atoms with van der Waals surface area (Å²) in [6.45, 7) is 0.178. The molecule has 0 bridgehead atoms. The fourth-order valence-electron chi connectivity index (χ4n) is 1.05. The molecule has 1 aromatic carbocycles. The molecule has 0 unspecified atom stereocenters. The highest BCUT2D eigenvalue weighted by molar-refractivity contribution is 7.90. The van der Waals surface area contributed by atoms with Crippen molar-refractivity contribution in [2.24, 2.45) is 10.9 Å². The van der Waals surface area contributed by atoms with E-state index >= 15 is 0 Å². The summed E-state index contributed by atoms with van der Waals surface area (Å²) in [5.41, 5.74) is 5.27. The molecular weight excluding hydrogens is 246 g/mol. The Morgan fingerprint density at radius 2 is 1.88 bits per heavy atom. The van der Waals surface area contributed by atoms with E-state index in [0.717, 1.165) is 0 Å². The van der Waals surface area contributed by atoms with Gasteiger partial charge < -0.3 is 10.5 Å². The molecule has 1 amide bonds. The van der Waals surface area contributed by atoms with E-state index in [1.54, 1.807) is 12.1 Å². The van der Waals surface area contributed by atoms with Crippen LogP contribution in [-0.2, 0) is 15.0 Å². The maximum absolute atomic E-state index is 10.7. The van der Waals surface area contributed by atoms with E-state index in [-0.39, 0.29) is 13.0 Å². The van der Waals surface area contributed by atoms with Crippen LogP contribution in [0.5, 0.6) is 5.75 Å². The summed E-state index contributed by atoms with van der Waals surface area (Å²) in [7, 11) is -3.77. The monoisotopic (exact) mass is 259 g/mol. The van der Waals surface area contributed by atoms with Gasteiger partial charge >= 0.3 is 0 Å². The van der Waals surface area contributed by atoms with E-state index in [2.05, 4.69) is 4.72 Å². The zero-order valence-corrected chi connectivity index (χ0v) is 9.74. The second-order valence-electron chi connectivity index (χ2n) is 3.24. The average Bonchev–Trinajstić information content (AvgIpc) is 2.18. The lowest BCUT2D eigenvalue weighted by Gasteiger charge is -2.06. The van der Waals surface area contributed by atoms with Gasteiger partial charge in [-0.05, 0) is 24.3 Å². The highest BCUT2D eigenvalue weighted by atomic mass is 32.2. The molecule has 0 saturated carbocycles. The predicted octanol–water partition coefficient (Wildman–Crippen LogP) is -0.444. The summed E-state index contributed by atoms with van der Waals surface area (Å²) in [5, 5.41) is 4.80. The molecule has 7 nitrogen and oxygen atoms in total. The van der Waals surface area contributed by atoms with Crippen LogP contribution in [0.4, 0.5) is 5.69 Å². The number of anilines is 1. The SMILES string of the molecule is NC(=O)CCOc1ccc(NS(N)(=O)=O)cc1. The summed E-state index contributed by atoms with van der Waals surface area (Å²) in [6, 6.07) is 6.08. The van der Waals surface area contributed by atoms with Gasteiger partial charge in [0.15, 0.2) is 0 Å². The van der Waals surface area contributed by atoms with Crippen LogP contribution in [0.1, 0.15) is 6.42 Å². The molecule has 5 N–H and O–H groups in total. The maximum atomic E-state index is 10.7. The molecule has 1 aromatic rings. The van der Waals surface area contributed by atoms with Crippen molar-refractivity contribution in [2.75, 3.05) is 11.3 Å². The third-order valence-electron chi connectivity index (χ3n) is 1.73. The molecule has 0 spiro atoms. The molecule has 0 heterocycles. The van der Waals surface area contributed by atoms with Crippen molar-refractivity contribution in [3.05, 3.63) is 24.3 Å². The van der Waals surface area contributed by atoms with Crippen molar-refractivity contribution in [3.63, 3.8) is 0 Å². The summed E-state index contributed by atoms with van der Waals surface area (Å²) in [6.07, 6.45) is 0.122. The normalized spacial score (nSPS) is 10.9. The van der Waals surface area contributed by atoms with Gasteiger partial charge in [0, 0.05) is 5.69 Å². The standard InChI is InChI=1S/C9H13N3O4S/c10-9(13)5-6-16-8-3-1-7(2-4-8)12-17(11,14)15/h1-4,12H,5-6H2,(H2,10,13)(H2,11,14,15). The van der Waals surface area contributed by atoms with Crippen molar-refractivity contribution >= 4 is 21.8 Å². The minimum absolute atomic E-state index is 0.122. The first-order valence-corrected chi connectivity index (χ1v) is 6.23. The third kappa shape index (κ3) is 5.73. The smallest absolute Gasteiger partial charge is 0.296 e. The summed E-state index contributed by atoms with van der Waals surface area (Å²) in [4.78, 5) is 10.5. The first-order valence-electron chi connectivity index (χ1n) is 4.68. The molecule has 0 aliphatic heterocycles. The lowest BCUT2D eigenvalue weighted by atomic mass is 10.3. The van der Waals surface area contributed by atoms with Crippen molar-refractivity contribution in [1.82, 2.24) is 0 Å². The number of hydrogen-bond donors (Lipinski definition) is 3. The molecule has 0 aliphatic carbocycles. The molecular formula is C9H13N3O4S. The highest BCUT2D eigenvalue weighted by Crippen LogP contribution is 2.16. The largest absolute Gasteiger partial charge is 0.493 e. The number of hydrogen-bond acceptors (Lipinski definition) is 4. The lowest BCUT2D eigenvalue weighted by molar-refractivity contribution is -0.118. The van der Waals surface area contributed by atoms with E-state index in [0.29, 0.717) is 11.4 Å². The van der Waals surface area contributed by atoms with Gasteiger partial charge in [0.2, 0.25) is 5.91 Å². The van der Waals surface area contributed by atoms with Gasteiger partial charge in [-0.2, -0.15) is 8.42 Å². The zero-order chi connectivity index (χ0) is 12.9. The molecule has 8 heteroatoms. The fourth-order valence-corrected chi connectivity index (χ4v) is 1.52. The molecule has 1 rings (SSSR count). The molecule has 0 radical (unpaired) electrons. The van der Waals surface area contributed by atoms with E-state index in [4.69, 9.17) is 15.6 Å². The van der Waals surface area contributed by atoms with Crippen molar-refractivity contribution in [1.29, 1.82) is 0 Å². The molecule has 0 saturated heterocycles. The van der Waals surface area contributed by atoms with E-state index in [1.807, 2.05) is 0 Å². The van der Waals surface area contributed by atoms with E-state index in [1.165, 1.54) is 12.1 Å². The van der Waals surface area contributed by atoms with Crippen LogP contribution in [-0.4, -0.2) is 20.9 Å². The number of nitrogens with one attached hydrogen (secondary N) is 1.